The smallest absolute Gasteiger partial charge is 0.325 e. The van der Waals surface area contributed by atoms with Crippen LogP contribution in [0.4, 0.5) is 5.69 Å². The molecule has 1 fully saturated rings. The van der Waals surface area contributed by atoms with Crippen LogP contribution in [0.3, 0.4) is 0 Å². The first-order valence-electron chi connectivity index (χ1n) is 9.50. The lowest BCUT2D eigenvalue weighted by Gasteiger charge is -2.36. The van der Waals surface area contributed by atoms with Crippen molar-refractivity contribution in [2.45, 2.75) is 0 Å². The van der Waals surface area contributed by atoms with Crippen LogP contribution in [-0.4, -0.2) is 62.0 Å². The molecule has 0 spiro atoms. The first kappa shape index (κ1) is 23.2. The number of hydrogen-bond acceptors (Lipinski definition) is 5. The summed E-state index contributed by atoms with van der Waals surface area (Å²) in [5.41, 5.74) is 1.19. The van der Waals surface area contributed by atoms with Crippen LogP contribution in [0, 0.1) is 0 Å². The third kappa shape index (κ3) is 6.50. The molecule has 0 unspecified atom stereocenters. The number of nitrogens with zero attached hydrogens (tertiary/aromatic N) is 2. The van der Waals surface area contributed by atoms with Gasteiger partial charge in [0.25, 0.3) is 11.8 Å². The summed E-state index contributed by atoms with van der Waals surface area (Å²) in [5.74, 6) is -1.54. The number of nitrogens with one attached hydrogen (secondary N) is 1. The van der Waals surface area contributed by atoms with Crippen molar-refractivity contribution in [3.8, 4) is 0 Å². The molecule has 1 heterocycles. The molecule has 0 saturated carbocycles. The van der Waals surface area contributed by atoms with E-state index in [1.165, 1.54) is 18.2 Å². The average molecular weight is 485 g/mol. The van der Waals surface area contributed by atoms with Crippen molar-refractivity contribution in [3.63, 3.8) is 0 Å². The Morgan fingerprint density at radius 2 is 1.65 bits per heavy atom. The number of benzene rings is 2. The van der Waals surface area contributed by atoms with Gasteiger partial charge in [0.15, 0.2) is 6.61 Å². The van der Waals surface area contributed by atoms with Crippen molar-refractivity contribution < 1.29 is 19.1 Å². The van der Waals surface area contributed by atoms with Crippen molar-refractivity contribution in [1.82, 2.24) is 10.2 Å². The molecule has 1 aliphatic rings. The van der Waals surface area contributed by atoms with Gasteiger partial charge in [-0.15, -0.1) is 0 Å². The Labute approximate surface area is 194 Å². The normalized spacial score (nSPS) is 13.6. The molecule has 0 radical (unpaired) electrons. The molecule has 2 aromatic carbocycles. The summed E-state index contributed by atoms with van der Waals surface area (Å²) < 4.78 is 4.99. The highest BCUT2D eigenvalue weighted by molar-refractivity contribution is 6.36. The van der Waals surface area contributed by atoms with Gasteiger partial charge >= 0.3 is 5.97 Å². The molecule has 1 aliphatic heterocycles. The molecule has 2 aromatic rings. The van der Waals surface area contributed by atoms with Gasteiger partial charge in [0.2, 0.25) is 0 Å². The lowest BCUT2D eigenvalue weighted by Crippen LogP contribution is -2.50. The minimum atomic E-state index is -0.718. The van der Waals surface area contributed by atoms with Crippen LogP contribution in [0.2, 0.25) is 15.1 Å². The lowest BCUT2D eigenvalue weighted by atomic mass is 10.2. The number of carbonyl (C=O) groups excluding carboxylic acids is 3. The topological polar surface area (TPSA) is 78.9 Å². The molecular formula is C21H20Cl3N3O4. The predicted octanol–water partition coefficient (Wildman–Crippen LogP) is 3.27. The predicted molar refractivity (Wildman–Crippen MR) is 120 cm³/mol. The zero-order valence-electron chi connectivity index (χ0n) is 16.4. The van der Waals surface area contributed by atoms with E-state index in [4.69, 9.17) is 39.5 Å². The fourth-order valence-electron chi connectivity index (χ4n) is 3.09. The third-order valence-electron chi connectivity index (χ3n) is 4.73. The number of hydrogen-bond donors (Lipinski definition) is 1. The molecule has 3 rings (SSSR count). The van der Waals surface area contributed by atoms with E-state index >= 15 is 0 Å². The largest absolute Gasteiger partial charge is 0.454 e. The zero-order chi connectivity index (χ0) is 22.4. The third-order valence-corrected chi connectivity index (χ3v) is 5.51. The summed E-state index contributed by atoms with van der Waals surface area (Å²) in [6.45, 7) is 1.56. The lowest BCUT2D eigenvalue weighted by molar-refractivity contribution is -0.151. The second-order valence-electron chi connectivity index (χ2n) is 6.82. The molecule has 31 heavy (non-hydrogen) atoms. The maximum atomic E-state index is 12.3. The van der Waals surface area contributed by atoms with Crippen LogP contribution in [0.5, 0.6) is 0 Å². The number of esters is 1. The van der Waals surface area contributed by atoms with Crippen molar-refractivity contribution in [1.29, 1.82) is 0 Å². The number of amides is 2. The van der Waals surface area contributed by atoms with E-state index in [1.807, 2.05) is 24.3 Å². The van der Waals surface area contributed by atoms with E-state index in [2.05, 4.69) is 10.2 Å². The number of ether oxygens (including phenoxy) is 1. The molecule has 0 aromatic heterocycles. The zero-order valence-corrected chi connectivity index (χ0v) is 18.7. The van der Waals surface area contributed by atoms with Gasteiger partial charge in [0.1, 0.15) is 6.54 Å². The van der Waals surface area contributed by atoms with E-state index in [0.717, 1.165) is 5.69 Å². The van der Waals surface area contributed by atoms with E-state index in [-0.39, 0.29) is 29.6 Å². The van der Waals surface area contributed by atoms with Gasteiger partial charge in [-0.3, -0.25) is 14.4 Å². The summed E-state index contributed by atoms with van der Waals surface area (Å²) in [5, 5.41) is 3.64. The van der Waals surface area contributed by atoms with Crippen molar-refractivity contribution in [3.05, 3.63) is 63.1 Å². The monoisotopic (exact) mass is 483 g/mol. The Hall–Kier alpha value is -2.48. The van der Waals surface area contributed by atoms with Gasteiger partial charge in [-0.1, -0.05) is 40.9 Å². The molecule has 1 N–H and O–H groups in total. The molecule has 1 saturated heterocycles. The Bertz CT molecular complexity index is 978. The number of rotatable bonds is 6. The van der Waals surface area contributed by atoms with Gasteiger partial charge < -0.3 is 19.9 Å². The van der Waals surface area contributed by atoms with Gasteiger partial charge in [-0.2, -0.15) is 0 Å². The van der Waals surface area contributed by atoms with Crippen LogP contribution >= 0.6 is 34.8 Å². The fourth-order valence-corrected chi connectivity index (χ4v) is 3.77. The number of piperazine rings is 1. The summed E-state index contributed by atoms with van der Waals surface area (Å²) in [7, 11) is 0. The van der Waals surface area contributed by atoms with Crippen LogP contribution in [0.15, 0.2) is 42.5 Å². The molecule has 0 atom stereocenters. The Balaban J connectivity index is 1.39. The highest BCUT2D eigenvalue weighted by Crippen LogP contribution is 2.21. The van der Waals surface area contributed by atoms with Crippen LogP contribution < -0.4 is 10.2 Å². The summed E-state index contributed by atoms with van der Waals surface area (Å²) in [6, 6.07) is 12.0. The first-order chi connectivity index (χ1) is 14.8. The fraction of sp³-hybridized carbons (Fsp3) is 0.286. The van der Waals surface area contributed by atoms with Crippen molar-refractivity contribution >= 4 is 58.3 Å². The quantitative estimate of drug-likeness (QED) is 0.637. The molecule has 0 bridgehead atoms. The number of halogens is 3. The molecule has 164 valence electrons. The molecule has 10 heteroatoms. The second-order valence-corrected chi connectivity index (χ2v) is 8.10. The van der Waals surface area contributed by atoms with E-state index in [9.17, 15) is 14.4 Å². The minimum Gasteiger partial charge on any atom is -0.454 e. The molecule has 0 aliphatic carbocycles. The Kier molecular flexibility index (Phi) is 8.01. The molecule has 7 nitrogen and oxygen atoms in total. The summed E-state index contributed by atoms with van der Waals surface area (Å²) in [6.07, 6.45) is 0. The van der Waals surface area contributed by atoms with E-state index in [1.54, 1.807) is 4.90 Å². The Morgan fingerprint density at radius 1 is 0.935 bits per heavy atom. The number of anilines is 1. The average Bonchev–Trinajstić information content (AvgIpc) is 2.76. The maximum absolute atomic E-state index is 12.3. The minimum absolute atomic E-state index is 0.172. The van der Waals surface area contributed by atoms with Gasteiger partial charge in [0.05, 0.1) is 10.6 Å². The highest BCUT2D eigenvalue weighted by Gasteiger charge is 2.22. The van der Waals surface area contributed by atoms with E-state index in [0.29, 0.717) is 36.2 Å². The first-order valence-corrected chi connectivity index (χ1v) is 10.6. The van der Waals surface area contributed by atoms with Crippen molar-refractivity contribution in [2.75, 3.05) is 44.2 Å². The molecular weight excluding hydrogens is 465 g/mol. The summed E-state index contributed by atoms with van der Waals surface area (Å²) in [4.78, 5) is 40.1. The van der Waals surface area contributed by atoms with Gasteiger partial charge in [-0.25, -0.2) is 0 Å². The second kappa shape index (κ2) is 10.7. The standard InChI is InChI=1S/C21H20Cl3N3O4/c22-14-2-1-3-16(10-14)26-6-8-27(9-7-26)19(28)13-31-20(29)12-25-21(30)17-5-4-15(23)11-18(17)24/h1-5,10-11H,6-9,12-13H2,(H,25,30). The van der Waals surface area contributed by atoms with E-state index < -0.39 is 11.9 Å². The summed E-state index contributed by atoms with van der Waals surface area (Å²) >= 11 is 17.8. The van der Waals surface area contributed by atoms with Gasteiger partial charge in [0, 0.05) is 41.9 Å². The molecule has 2 amide bonds. The van der Waals surface area contributed by atoms with Crippen LogP contribution in [0.1, 0.15) is 10.4 Å². The SMILES string of the molecule is O=C(CNC(=O)c1ccc(Cl)cc1Cl)OCC(=O)N1CCN(c2cccc(Cl)c2)CC1. The van der Waals surface area contributed by atoms with Crippen LogP contribution in [0.25, 0.3) is 0 Å². The maximum Gasteiger partial charge on any atom is 0.325 e. The number of carbonyl (C=O) groups is 3. The van der Waals surface area contributed by atoms with Gasteiger partial charge in [-0.05, 0) is 36.4 Å². The highest BCUT2D eigenvalue weighted by atomic mass is 35.5. The van der Waals surface area contributed by atoms with Crippen molar-refractivity contribution in [2.24, 2.45) is 0 Å². The van der Waals surface area contributed by atoms with Crippen LogP contribution in [-0.2, 0) is 14.3 Å². The Morgan fingerprint density at radius 3 is 2.32 bits per heavy atom.